The van der Waals surface area contributed by atoms with Gasteiger partial charge in [0.25, 0.3) is 0 Å². The minimum absolute atomic E-state index is 0.157. The summed E-state index contributed by atoms with van der Waals surface area (Å²) in [5.41, 5.74) is 0.223. The van der Waals surface area contributed by atoms with Gasteiger partial charge in [-0.1, -0.05) is 23.5 Å². The first kappa shape index (κ1) is 16.7. The van der Waals surface area contributed by atoms with Crippen LogP contribution in [0.5, 0.6) is 0 Å². The second-order valence-corrected chi connectivity index (χ2v) is 7.15. The minimum atomic E-state index is -0.422. The maximum atomic E-state index is 13.8. The number of nitrogens with one attached hydrogen (secondary N) is 1. The van der Waals surface area contributed by atoms with E-state index in [0.29, 0.717) is 6.54 Å². The quantitative estimate of drug-likeness (QED) is 0.764. The van der Waals surface area contributed by atoms with Gasteiger partial charge in [0.15, 0.2) is 0 Å². The van der Waals surface area contributed by atoms with E-state index in [1.807, 2.05) is 29.1 Å². The van der Waals surface area contributed by atoms with Gasteiger partial charge in [-0.2, -0.15) is 0 Å². The molecule has 26 heavy (non-hydrogen) atoms. The van der Waals surface area contributed by atoms with Crippen molar-refractivity contribution in [3.05, 3.63) is 54.6 Å². The molecule has 1 saturated heterocycles. The van der Waals surface area contributed by atoms with Crippen LogP contribution in [0.25, 0.3) is 5.13 Å². The third kappa shape index (κ3) is 3.45. The van der Waals surface area contributed by atoms with Crippen LogP contribution in [-0.2, 0) is 4.79 Å². The lowest BCUT2D eigenvalue weighted by Gasteiger charge is -2.31. The van der Waals surface area contributed by atoms with Crippen LogP contribution in [0.4, 0.5) is 15.2 Å². The van der Waals surface area contributed by atoms with Crippen molar-refractivity contribution in [3.63, 3.8) is 0 Å². The SMILES string of the molecule is O=C(Nc1ccccc1F)[C@H]1CCCN(c2nnc(-n3cccc3)s2)C1. The first-order valence-electron chi connectivity index (χ1n) is 8.48. The van der Waals surface area contributed by atoms with E-state index >= 15 is 0 Å². The van der Waals surface area contributed by atoms with Crippen LogP contribution in [0.15, 0.2) is 48.8 Å². The number of para-hydroxylation sites is 1. The van der Waals surface area contributed by atoms with Crippen LogP contribution in [0.3, 0.4) is 0 Å². The largest absolute Gasteiger partial charge is 0.346 e. The topological polar surface area (TPSA) is 63.1 Å². The molecule has 0 aliphatic carbocycles. The van der Waals surface area contributed by atoms with Crippen molar-refractivity contribution in [3.8, 4) is 5.13 Å². The van der Waals surface area contributed by atoms with E-state index in [1.165, 1.54) is 17.4 Å². The van der Waals surface area contributed by atoms with Crippen molar-refractivity contribution in [1.29, 1.82) is 0 Å². The molecule has 1 N–H and O–H groups in total. The van der Waals surface area contributed by atoms with Gasteiger partial charge in [0.1, 0.15) is 5.82 Å². The van der Waals surface area contributed by atoms with Crippen LogP contribution >= 0.6 is 11.3 Å². The minimum Gasteiger partial charge on any atom is -0.346 e. The summed E-state index contributed by atoms with van der Waals surface area (Å²) in [5.74, 6) is -0.786. The van der Waals surface area contributed by atoms with E-state index in [1.54, 1.807) is 18.2 Å². The molecule has 1 aliphatic heterocycles. The van der Waals surface area contributed by atoms with E-state index in [0.717, 1.165) is 29.6 Å². The predicted molar refractivity (Wildman–Crippen MR) is 99.2 cm³/mol. The van der Waals surface area contributed by atoms with E-state index in [9.17, 15) is 9.18 Å². The number of aromatic nitrogens is 3. The van der Waals surface area contributed by atoms with Crippen LogP contribution in [0, 0.1) is 11.7 Å². The molecule has 134 valence electrons. The molecule has 0 saturated carbocycles. The third-order valence-corrected chi connectivity index (χ3v) is 5.42. The zero-order valence-electron chi connectivity index (χ0n) is 14.0. The summed E-state index contributed by atoms with van der Waals surface area (Å²) in [6.45, 7) is 1.39. The molecule has 1 aromatic carbocycles. The highest BCUT2D eigenvalue weighted by Crippen LogP contribution is 2.28. The molecule has 4 rings (SSSR count). The molecule has 2 aromatic heterocycles. The van der Waals surface area contributed by atoms with Gasteiger partial charge in [0.05, 0.1) is 11.6 Å². The van der Waals surface area contributed by atoms with Gasteiger partial charge < -0.3 is 10.2 Å². The molecule has 1 amide bonds. The highest BCUT2D eigenvalue weighted by atomic mass is 32.1. The third-order valence-electron chi connectivity index (χ3n) is 4.42. The Morgan fingerprint density at radius 2 is 1.92 bits per heavy atom. The first-order valence-corrected chi connectivity index (χ1v) is 9.29. The number of carbonyl (C=O) groups is 1. The summed E-state index contributed by atoms with van der Waals surface area (Å²) in [5, 5.41) is 12.8. The summed E-state index contributed by atoms with van der Waals surface area (Å²) in [7, 11) is 0. The fourth-order valence-corrected chi connectivity index (χ4v) is 3.91. The molecule has 0 spiro atoms. The number of nitrogens with zero attached hydrogens (tertiary/aromatic N) is 4. The highest BCUT2D eigenvalue weighted by molar-refractivity contribution is 7.17. The lowest BCUT2D eigenvalue weighted by atomic mass is 9.97. The standard InChI is InChI=1S/C18H18FN5OS/c19-14-7-1-2-8-15(14)20-16(25)13-6-5-11-24(12-13)18-22-21-17(26-18)23-9-3-4-10-23/h1-4,7-10,13H,5-6,11-12H2,(H,20,25)/t13-/m0/s1. The zero-order valence-corrected chi connectivity index (χ0v) is 14.8. The van der Waals surface area contributed by atoms with Crippen molar-refractivity contribution in [2.45, 2.75) is 12.8 Å². The molecule has 3 heterocycles. The maximum absolute atomic E-state index is 13.8. The Kier molecular flexibility index (Phi) is 4.66. The van der Waals surface area contributed by atoms with Crippen molar-refractivity contribution < 1.29 is 9.18 Å². The van der Waals surface area contributed by atoms with Crippen LogP contribution in [0.2, 0.25) is 0 Å². The van der Waals surface area contributed by atoms with Crippen molar-refractivity contribution >= 4 is 28.1 Å². The summed E-state index contributed by atoms with van der Waals surface area (Å²) >= 11 is 1.49. The number of anilines is 2. The number of piperidine rings is 1. The molecule has 1 fully saturated rings. The normalized spacial score (nSPS) is 17.3. The van der Waals surface area contributed by atoms with E-state index in [4.69, 9.17) is 0 Å². The second kappa shape index (κ2) is 7.25. The zero-order chi connectivity index (χ0) is 17.9. The number of halogens is 1. The summed E-state index contributed by atoms with van der Waals surface area (Å²) in [6, 6.07) is 10.1. The van der Waals surface area contributed by atoms with Gasteiger partial charge in [-0.3, -0.25) is 9.36 Å². The summed E-state index contributed by atoms with van der Waals surface area (Å²) < 4.78 is 15.7. The second-order valence-electron chi connectivity index (χ2n) is 6.21. The molecule has 0 unspecified atom stereocenters. The van der Waals surface area contributed by atoms with Gasteiger partial charge in [0, 0.05) is 25.5 Å². The maximum Gasteiger partial charge on any atom is 0.229 e. The molecule has 6 nitrogen and oxygen atoms in total. The Labute approximate surface area is 154 Å². The molecule has 8 heteroatoms. The van der Waals surface area contributed by atoms with Crippen LogP contribution < -0.4 is 10.2 Å². The molecule has 3 aromatic rings. The predicted octanol–water partition coefficient (Wildman–Crippen LogP) is 3.32. The van der Waals surface area contributed by atoms with E-state index in [2.05, 4.69) is 20.4 Å². The smallest absolute Gasteiger partial charge is 0.229 e. The number of carbonyl (C=O) groups excluding carboxylic acids is 1. The Balaban J connectivity index is 1.44. The molecular formula is C18H18FN5OS. The van der Waals surface area contributed by atoms with Gasteiger partial charge in [-0.05, 0) is 37.1 Å². The van der Waals surface area contributed by atoms with Crippen molar-refractivity contribution in [2.24, 2.45) is 5.92 Å². The fraction of sp³-hybridized carbons (Fsp3) is 0.278. The monoisotopic (exact) mass is 371 g/mol. The highest BCUT2D eigenvalue weighted by Gasteiger charge is 2.28. The average Bonchev–Trinajstić information content (AvgIpc) is 3.35. The first-order chi connectivity index (χ1) is 12.7. The lowest BCUT2D eigenvalue weighted by Crippen LogP contribution is -2.40. The molecule has 1 aliphatic rings. The molecule has 0 bridgehead atoms. The Morgan fingerprint density at radius 3 is 2.73 bits per heavy atom. The van der Waals surface area contributed by atoms with Crippen molar-refractivity contribution in [1.82, 2.24) is 14.8 Å². The average molecular weight is 371 g/mol. The number of hydrogen-bond donors (Lipinski definition) is 1. The van der Waals surface area contributed by atoms with E-state index < -0.39 is 5.82 Å². The molecule has 1 atom stereocenters. The van der Waals surface area contributed by atoms with Crippen molar-refractivity contribution in [2.75, 3.05) is 23.3 Å². The Bertz CT molecular complexity index is 895. The lowest BCUT2D eigenvalue weighted by molar-refractivity contribution is -0.120. The summed E-state index contributed by atoms with van der Waals surface area (Å²) in [6.07, 6.45) is 5.50. The van der Waals surface area contributed by atoms with Gasteiger partial charge in [-0.15, -0.1) is 10.2 Å². The molecule has 0 radical (unpaired) electrons. The fourth-order valence-electron chi connectivity index (χ4n) is 3.06. The van der Waals surface area contributed by atoms with E-state index in [-0.39, 0.29) is 17.5 Å². The number of rotatable bonds is 4. The Morgan fingerprint density at radius 1 is 1.15 bits per heavy atom. The molecular weight excluding hydrogens is 353 g/mol. The van der Waals surface area contributed by atoms with Gasteiger partial charge in [0.2, 0.25) is 16.2 Å². The number of amides is 1. The Hall–Kier alpha value is -2.74. The number of benzene rings is 1. The van der Waals surface area contributed by atoms with Crippen LogP contribution in [-0.4, -0.2) is 33.8 Å². The number of hydrogen-bond acceptors (Lipinski definition) is 5. The van der Waals surface area contributed by atoms with Gasteiger partial charge in [-0.25, -0.2) is 4.39 Å². The summed E-state index contributed by atoms with van der Waals surface area (Å²) in [4.78, 5) is 14.6. The van der Waals surface area contributed by atoms with Crippen LogP contribution in [0.1, 0.15) is 12.8 Å². The van der Waals surface area contributed by atoms with Gasteiger partial charge >= 0.3 is 0 Å².